The van der Waals surface area contributed by atoms with Gasteiger partial charge in [-0.3, -0.25) is 10.1 Å². The molecule has 0 spiro atoms. The molecule has 0 atom stereocenters. The highest BCUT2D eigenvalue weighted by Crippen LogP contribution is 2.26. The molecule has 0 fully saturated rings. The maximum absolute atomic E-state index is 13.1. The smallest absolute Gasteiger partial charge is 0.269 e. The molecular formula is C14H9FN2O2. The maximum atomic E-state index is 13.1. The summed E-state index contributed by atoms with van der Waals surface area (Å²) in [6.45, 7) is 0. The summed E-state index contributed by atoms with van der Waals surface area (Å²) >= 11 is 0. The molecule has 1 N–H and O–H groups in total. The average molecular weight is 256 g/mol. The van der Waals surface area contributed by atoms with Crippen LogP contribution in [-0.2, 0) is 0 Å². The quantitative estimate of drug-likeness (QED) is 0.558. The Kier molecular flexibility index (Phi) is 2.52. The Labute approximate surface area is 107 Å². The van der Waals surface area contributed by atoms with Gasteiger partial charge >= 0.3 is 0 Å². The lowest BCUT2D eigenvalue weighted by molar-refractivity contribution is -0.384. The number of nitro benzene ring substituents is 1. The molecule has 1 heterocycles. The zero-order chi connectivity index (χ0) is 13.4. The second kappa shape index (κ2) is 4.20. The molecule has 4 nitrogen and oxygen atoms in total. The molecule has 3 rings (SSSR count). The third-order valence-electron chi connectivity index (χ3n) is 2.97. The van der Waals surface area contributed by atoms with Gasteiger partial charge in [0, 0.05) is 28.7 Å². The molecule has 1 aromatic heterocycles. The number of hydrogen-bond acceptors (Lipinski definition) is 2. The van der Waals surface area contributed by atoms with E-state index in [1.807, 2.05) is 6.07 Å². The van der Waals surface area contributed by atoms with E-state index in [9.17, 15) is 14.5 Å². The monoisotopic (exact) mass is 256 g/mol. The summed E-state index contributed by atoms with van der Waals surface area (Å²) in [5.41, 5.74) is 2.50. The van der Waals surface area contributed by atoms with E-state index in [1.54, 1.807) is 18.2 Å². The Balaban J connectivity index is 2.06. The van der Waals surface area contributed by atoms with Crippen LogP contribution >= 0.6 is 0 Å². The van der Waals surface area contributed by atoms with Crippen molar-refractivity contribution < 1.29 is 9.31 Å². The van der Waals surface area contributed by atoms with Crippen molar-refractivity contribution in [1.29, 1.82) is 0 Å². The number of halogens is 1. The van der Waals surface area contributed by atoms with Gasteiger partial charge in [0.2, 0.25) is 0 Å². The van der Waals surface area contributed by atoms with Crippen LogP contribution in [0.15, 0.2) is 48.5 Å². The highest BCUT2D eigenvalue weighted by Gasteiger charge is 2.07. The number of hydrogen-bond donors (Lipinski definition) is 1. The number of rotatable bonds is 2. The number of nitrogens with zero attached hydrogens (tertiary/aromatic N) is 1. The second-order valence-electron chi connectivity index (χ2n) is 4.22. The molecule has 0 saturated carbocycles. The van der Waals surface area contributed by atoms with Gasteiger partial charge in [-0.1, -0.05) is 0 Å². The molecule has 94 valence electrons. The summed E-state index contributed by atoms with van der Waals surface area (Å²) in [5.74, 6) is -0.290. The molecule has 19 heavy (non-hydrogen) atoms. The first-order valence-corrected chi connectivity index (χ1v) is 5.66. The van der Waals surface area contributed by atoms with Crippen molar-refractivity contribution in [3.8, 4) is 11.3 Å². The standard InChI is InChI=1S/C14H9FN2O2/c15-11-3-6-13-10(7-11)8-14(16-13)9-1-4-12(5-2-9)17(18)19/h1-8,16H. The molecule has 5 heteroatoms. The molecule has 0 aliphatic heterocycles. The number of fused-ring (bicyclic) bond motifs is 1. The van der Waals surface area contributed by atoms with E-state index in [0.29, 0.717) is 0 Å². The minimum Gasteiger partial charge on any atom is -0.355 e. The molecule has 0 aliphatic carbocycles. The Morgan fingerprint density at radius 1 is 1.05 bits per heavy atom. The first-order valence-electron chi connectivity index (χ1n) is 5.66. The summed E-state index contributed by atoms with van der Waals surface area (Å²) in [6, 6.07) is 12.5. The van der Waals surface area contributed by atoms with Crippen LogP contribution in [-0.4, -0.2) is 9.91 Å². The summed E-state index contributed by atoms with van der Waals surface area (Å²) in [4.78, 5) is 13.3. The van der Waals surface area contributed by atoms with Crippen LogP contribution in [0.1, 0.15) is 0 Å². The summed E-state index contributed by atoms with van der Waals surface area (Å²) in [6.07, 6.45) is 0. The summed E-state index contributed by atoms with van der Waals surface area (Å²) in [5, 5.41) is 11.4. The van der Waals surface area contributed by atoms with E-state index >= 15 is 0 Å². The van der Waals surface area contributed by atoms with Crippen LogP contribution < -0.4 is 0 Å². The van der Waals surface area contributed by atoms with Crippen LogP contribution in [0.3, 0.4) is 0 Å². The number of H-pyrrole nitrogens is 1. The molecule has 0 unspecified atom stereocenters. The number of nitro groups is 1. The molecule has 0 radical (unpaired) electrons. The lowest BCUT2D eigenvalue weighted by atomic mass is 10.1. The highest BCUT2D eigenvalue weighted by atomic mass is 19.1. The Morgan fingerprint density at radius 3 is 2.47 bits per heavy atom. The maximum Gasteiger partial charge on any atom is 0.269 e. The highest BCUT2D eigenvalue weighted by molar-refractivity contribution is 5.85. The number of nitrogens with one attached hydrogen (secondary N) is 1. The third kappa shape index (κ3) is 2.06. The van der Waals surface area contributed by atoms with Crippen molar-refractivity contribution in [1.82, 2.24) is 4.98 Å². The van der Waals surface area contributed by atoms with Crippen molar-refractivity contribution in [3.63, 3.8) is 0 Å². The molecule has 2 aromatic carbocycles. The first kappa shape index (κ1) is 11.4. The van der Waals surface area contributed by atoms with Gasteiger partial charge in [-0.15, -0.1) is 0 Å². The molecule has 3 aromatic rings. The SMILES string of the molecule is O=[N+]([O-])c1ccc(-c2cc3cc(F)ccc3[nH]2)cc1. The van der Waals surface area contributed by atoms with Crippen LogP contribution in [0.4, 0.5) is 10.1 Å². The first-order chi connectivity index (χ1) is 9.13. The number of non-ortho nitro benzene ring substituents is 1. The average Bonchev–Trinajstić information content (AvgIpc) is 2.81. The predicted molar refractivity (Wildman–Crippen MR) is 70.3 cm³/mol. The van der Waals surface area contributed by atoms with Gasteiger partial charge < -0.3 is 4.98 Å². The molecule has 0 saturated heterocycles. The summed E-state index contributed by atoms with van der Waals surface area (Å²) in [7, 11) is 0. The lowest BCUT2D eigenvalue weighted by Gasteiger charge is -1.97. The lowest BCUT2D eigenvalue weighted by Crippen LogP contribution is -1.87. The van der Waals surface area contributed by atoms with Crippen molar-refractivity contribution in [3.05, 3.63) is 64.5 Å². The van der Waals surface area contributed by atoms with E-state index in [4.69, 9.17) is 0 Å². The minimum absolute atomic E-state index is 0.0471. The molecule has 0 bridgehead atoms. The Bertz CT molecular complexity index is 763. The fourth-order valence-corrected chi connectivity index (χ4v) is 2.02. The van der Waals surface area contributed by atoms with Gasteiger partial charge in [0.25, 0.3) is 5.69 Å². The van der Waals surface area contributed by atoms with Crippen molar-refractivity contribution in [2.75, 3.05) is 0 Å². The van der Waals surface area contributed by atoms with E-state index < -0.39 is 4.92 Å². The van der Waals surface area contributed by atoms with Crippen LogP contribution in [0.5, 0.6) is 0 Å². The molecule has 0 aliphatic rings. The number of aromatic nitrogens is 1. The normalized spacial score (nSPS) is 10.8. The van der Waals surface area contributed by atoms with Crippen molar-refractivity contribution in [2.45, 2.75) is 0 Å². The Hall–Kier alpha value is -2.69. The van der Waals surface area contributed by atoms with E-state index in [1.165, 1.54) is 24.3 Å². The van der Waals surface area contributed by atoms with E-state index in [2.05, 4.69) is 4.98 Å². The Morgan fingerprint density at radius 2 is 1.79 bits per heavy atom. The van der Waals surface area contributed by atoms with Gasteiger partial charge in [0.05, 0.1) is 4.92 Å². The predicted octanol–water partition coefficient (Wildman–Crippen LogP) is 3.88. The van der Waals surface area contributed by atoms with Crippen molar-refractivity contribution >= 4 is 16.6 Å². The number of aromatic amines is 1. The fraction of sp³-hybridized carbons (Fsp3) is 0. The van der Waals surface area contributed by atoms with Crippen LogP contribution in [0, 0.1) is 15.9 Å². The second-order valence-corrected chi connectivity index (χ2v) is 4.22. The van der Waals surface area contributed by atoms with Gasteiger partial charge in [-0.2, -0.15) is 0 Å². The van der Waals surface area contributed by atoms with Gasteiger partial charge in [-0.05, 0) is 42.0 Å². The van der Waals surface area contributed by atoms with Gasteiger partial charge in [0.15, 0.2) is 0 Å². The fourth-order valence-electron chi connectivity index (χ4n) is 2.02. The number of benzene rings is 2. The molecule has 0 amide bonds. The largest absolute Gasteiger partial charge is 0.355 e. The topological polar surface area (TPSA) is 58.9 Å². The van der Waals surface area contributed by atoms with Crippen LogP contribution in [0.2, 0.25) is 0 Å². The third-order valence-corrected chi connectivity index (χ3v) is 2.97. The van der Waals surface area contributed by atoms with E-state index in [0.717, 1.165) is 22.2 Å². The zero-order valence-electron chi connectivity index (χ0n) is 9.76. The van der Waals surface area contributed by atoms with Gasteiger partial charge in [-0.25, -0.2) is 4.39 Å². The van der Waals surface area contributed by atoms with E-state index in [-0.39, 0.29) is 11.5 Å². The van der Waals surface area contributed by atoms with Gasteiger partial charge in [0.1, 0.15) is 5.82 Å². The van der Waals surface area contributed by atoms with Crippen molar-refractivity contribution in [2.24, 2.45) is 0 Å². The van der Waals surface area contributed by atoms with Crippen LogP contribution in [0.25, 0.3) is 22.2 Å². The minimum atomic E-state index is -0.440. The molecular weight excluding hydrogens is 247 g/mol. The summed E-state index contributed by atoms with van der Waals surface area (Å²) < 4.78 is 13.1. The zero-order valence-corrected chi connectivity index (χ0v) is 9.76.